The maximum absolute atomic E-state index is 12.1. The number of rotatable bonds is 5. The Morgan fingerprint density at radius 3 is 2.35 bits per heavy atom. The van der Waals surface area contributed by atoms with Gasteiger partial charge in [-0.3, -0.25) is 5.10 Å². The maximum Gasteiger partial charge on any atom is 0.282 e. The SMILES string of the molecule is Cc1nc(CN(C)S(=O)(=O)N(C)C(C)C)n[nH]1. The molecule has 1 aromatic heterocycles. The van der Waals surface area contributed by atoms with Crippen molar-refractivity contribution in [3.8, 4) is 0 Å². The van der Waals surface area contributed by atoms with Gasteiger partial charge < -0.3 is 0 Å². The van der Waals surface area contributed by atoms with Gasteiger partial charge in [-0.2, -0.15) is 22.1 Å². The number of hydrogen-bond donors (Lipinski definition) is 1. The highest BCUT2D eigenvalue weighted by Crippen LogP contribution is 2.10. The molecule has 1 N–H and O–H groups in total. The molecule has 0 saturated heterocycles. The quantitative estimate of drug-likeness (QED) is 0.816. The van der Waals surface area contributed by atoms with Gasteiger partial charge in [0.05, 0.1) is 6.54 Å². The van der Waals surface area contributed by atoms with Crippen molar-refractivity contribution in [1.29, 1.82) is 0 Å². The first kappa shape index (κ1) is 14.1. The van der Waals surface area contributed by atoms with E-state index in [1.54, 1.807) is 14.0 Å². The van der Waals surface area contributed by atoms with Crippen LogP contribution in [0.2, 0.25) is 0 Å². The van der Waals surface area contributed by atoms with Gasteiger partial charge in [0.25, 0.3) is 10.2 Å². The van der Waals surface area contributed by atoms with Crippen LogP contribution in [0.1, 0.15) is 25.5 Å². The predicted octanol–water partition coefficient (Wildman–Crippen LogP) is 0.130. The van der Waals surface area contributed by atoms with Gasteiger partial charge in [0.1, 0.15) is 5.82 Å². The van der Waals surface area contributed by atoms with Crippen LogP contribution >= 0.6 is 0 Å². The number of aryl methyl sites for hydroxylation is 1. The molecule has 1 heterocycles. The zero-order chi connectivity index (χ0) is 13.2. The number of aromatic amines is 1. The van der Waals surface area contributed by atoms with Crippen LogP contribution in [0.25, 0.3) is 0 Å². The summed E-state index contributed by atoms with van der Waals surface area (Å²) in [5.41, 5.74) is 0. The van der Waals surface area contributed by atoms with Gasteiger partial charge >= 0.3 is 0 Å². The molecule has 0 aromatic carbocycles. The van der Waals surface area contributed by atoms with E-state index < -0.39 is 10.2 Å². The average molecular weight is 261 g/mol. The molecule has 98 valence electrons. The fourth-order valence-electron chi connectivity index (χ4n) is 1.23. The lowest BCUT2D eigenvalue weighted by Gasteiger charge is -2.26. The van der Waals surface area contributed by atoms with Gasteiger partial charge in [0.2, 0.25) is 0 Å². The molecule has 0 unspecified atom stereocenters. The predicted molar refractivity (Wildman–Crippen MR) is 64.4 cm³/mol. The highest BCUT2D eigenvalue weighted by molar-refractivity contribution is 7.86. The molecule has 0 amide bonds. The van der Waals surface area contributed by atoms with E-state index in [-0.39, 0.29) is 12.6 Å². The summed E-state index contributed by atoms with van der Waals surface area (Å²) in [6, 6.07) is -0.0867. The van der Waals surface area contributed by atoms with Crippen molar-refractivity contribution in [2.24, 2.45) is 0 Å². The van der Waals surface area contributed by atoms with E-state index in [1.165, 1.54) is 15.7 Å². The third-order valence-electron chi connectivity index (χ3n) is 2.49. The van der Waals surface area contributed by atoms with Gasteiger partial charge in [-0.1, -0.05) is 0 Å². The lowest BCUT2D eigenvalue weighted by molar-refractivity contribution is 0.352. The summed E-state index contributed by atoms with van der Waals surface area (Å²) < 4.78 is 26.7. The van der Waals surface area contributed by atoms with Crippen LogP contribution in [-0.2, 0) is 16.8 Å². The summed E-state index contributed by atoms with van der Waals surface area (Å²) in [7, 11) is -0.385. The minimum absolute atomic E-state index is 0.0867. The van der Waals surface area contributed by atoms with Crippen LogP contribution in [0.3, 0.4) is 0 Å². The van der Waals surface area contributed by atoms with Crippen molar-refractivity contribution in [2.75, 3.05) is 14.1 Å². The third kappa shape index (κ3) is 3.24. The molecule has 17 heavy (non-hydrogen) atoms. The Morgan fingerprint density at radius 1 is 1.35 bits per heavy atom. The fourth-order valence-corrected chi connectivity index (χ4v) is 2.48. The van der Waals surface area contributed by atoms with Crippen LogP contribution in [0.15, 0.2) is 0 Å². The molecule has 0 aliphatic heterocycles. The number of hydrogen-bond acceptors (Lipinski definition) is 4. The fraction of sp³-hybridized carbons (Fsp3) is 0.778. The molecule has 0 bridgehead atoms. The van der Waals surface area contributed by atoms with E-state index >= 15 is 0 Å². The topological polar surface area (TPSA) is 82.2 Å². The van der Waals surface area contributed by atoms with Crippen LogP contribution in [0.4, 0.5) is 0 Å². The molecule has 0 fully saturated rings. The van der Waals surface area contributed by atoms with Crippen molar-refractivity contribution in [3.05, 3.63) is 11.6 Å². The van der Waals surface area contributed by atoms with Gasteiger partial charge in [0.15, 0.2) is 5.82 Å². The Morgan fingerprint density at radius 2 is 1.94 bits per heavy atom. The Hall–Kier alpha value is -0.990. The van der Waals surface area contributed by atoms with Crippen molar-refractivity contribution in [1.82, 2.24) is 23.8 Å². The highest BCUT2D eigenvalue weighted by atomic mass is 32.2. The Balaban J connectivity index is 2.79. The van der Waals surface area contributed by atoms with Gasteiger partial charge in [-0.25, -0.2) is 4.98 Å². The smallest absolute Gasteiger partial charge is 0.263 e. The summed E-state index contributed by atoms with van der Waals surface area (Å²) >= 11 is 0. The van der Waals surface area contributed by atoms with E-state index in [0.717, 1.165) is 0 Å². The van der Waals surface area contributed by atoms with Gasteiger partial charge in [-0.05, 0) is 20.8 Å². The summed E-state index contributed by atoms with van der Waals surface area (Å²) in [5.74, 6) is 1.13. The standard InChI is InChI=1S/C9H19N5O2S/c1-7(2)14(5)17(15,16)13(4)6-9-10-8(3)11-12-9/h7H,6H2,1-5H3,(H,10,11,12). The molecule has 0 aliphatic carbocycles. The van der Waals surface area contributed by atoms with Crippen molar-refractivity contribution >= 4 is 10.2 Å². The Labute approximate surface area is 102 Å². The number of nitrogens with zero attached hydrogens (tertiary/aromatic N) is 4. The average Bonchev–Trinajstić information content (AvgIpc) is 2.62. The molecule has 0 radical (unpaired) electrons. The molecule has 0 saturated carbocycles. The first-order chi connectivity index (χ1) is 7.75. The van der Waals surface area contributed by atoms with Crippen molar-refractivity contribution < 1.29 is 8.42 Å². The molecular formula is C9H19N5O2S. The summed E-state index contributed by atoms with van der Waals surface area (Å²) in [5, 5.41) is 6.59. The van der Waals surface area contributed by atoms with Crippen molar-refractivity contribution in [3.63, 3.8) is 0 Å². The summed E-state index contributed by atoms with van der Waals surface area (Å²) in [6.45, 7) is 5.57. The normalized spacial score (nSPS) is 12.9. The first-order valence-electron chi connectivity index (χ1n) is 5.32. The Bertz CT molecular complexity index is 467. The minimum atomic E-state index is -3.45. The number of H-pyrrole nitrogens is 1. The van der Waals surface area contributed by atoms with Gasteiger partial charge in [0, 0.05) is 20.1 Å². The van der Waals surface area contributed by atoms with E-state index in [4.69, 9.17) is 0 Å². The summed E-state index contributed by atoms with van der Waals surface area (Å²) in [4.78, 5) is 4.08. The maximum atomic E-state index is 12.1. The molecule has 1 rings (SSSR count). The molecule has 0 aliphatic rings. The van der Waals surface area contributed by atoms with E-state index in [1.807, 2.05) is 13.8 Å². The Kier molecular flexibility index (Phi) is 4.23. The lowest BCUT2D eigenvalue weighted by Crippen LogP contribution is -2.42. The van der Waals surface area contributed by atoms with Gasteiger partial charge in [-0.15, -0.1) is 0 Å². The molecule has 8 heteroatoms. The van der Waals surface area contributed by atoms with E-state index in [9.17, 15) is 8.42 Å². The van der Waals surface area contributed by atoms with E-state index in [0.29, 0.717) is 11.6 Å². The first-order valence-corrected chi connectivity index (χ1v) is 6.72. The number of nitrogens with one attached hydrogen (secondary N) is 1. The van der Waals surface area contributed by atoms with Crippen LogP contribution in [0.5, 0.6) is 0 Å². The number of aromatic nitrogens is 3. The van der Waals surface area contributed by atoms with Crippen LogP contribution in [-0.4, -0.2) is 52.3 Å². The second kappa shape index (κ2) is 5.11. The molecule has 7 nitrogen and oxygen atoms in total. The second-order valence-electron chi connectivity index (χ2n) is 4.21. The van der Waals surface area contributed by atoms with Crippen LogP contribution < -0.4 is 0 Å². The van der Waals surface area contributed by atoms with Crippen LogP contribution in [0, 0.1) is 6.92 Å². The molecule has 1 aromatic rings. The zero-order valence-electron chi connectivity index (χ0n) is 10.8. The molecular weight excluding hydrogens is 242 g/mol. The zero-order valence-corrected chi connectivity index (χ0v) is 11.6. The van der Waals surface area contributed by atoms with E-state index in [2.05, 4.69) is 15.2 Å². The highest BCUT2D eigenvalue weighted by Gasteiger charge is 2.26. The second-order valence-corrected chi connectivity index (χ2v) is 6.31. The summed E-state index contributed by atoms with van der Waals surface area (Å²) in [6.07, 6.45) is 0. The molecule has 0 atom stereocenters. The monoisotopic (exact) mass is 261 g/mol. The molecule has 0 spiro atoms. The minimum Gasteiger partial charge on any atom is -0.263 e. The lowest BCUT2D eigenvalue weighted by atomic mass is 10.4. The third-order valence-corrected chi connectivity index (χ3v) is 4.56. The largest absolute Gasteiger partial charge is 0.282 e. The van der Waals surface area contributed by atoms with Crippen molar-refractivity contribution in [2.45, 2.75) is 33.4 Å².